The fraction of sp³-hybridized carbons (Fsp3) is 0.231. The van der Waals surface area contributed by atoms with E-state index in [9.17, 15) is 8.42 Å². The molecule has 3 N–H and O–H groups in total. The molecule has 0 radical (unpaired) electrons. The van der Waals surface area contributed by atoms with Crippen LogP contribution in [0.5, 0.6) is 0 Å². The molecule has 1 aromatic heterocycles. The van der Waals surface area contributed by atoms with Crippen LogP contribution >= 0.6 is 0 Å². The lowest BCUT2D eigenvalue weighted by molar-refractivity contribution is 0.387. The molecular formula is C13H14N4O3S. The second-order valence-corrected chi connectivity index (χ2v) is 5.85. The predicted octanol–water partition coefficient (Wildman–Crippen LogP) is 0.167. The largest absolute Gasteiger partial charge is 0.340 e. The molecule has 0 aliphatic rings. The number of sulfonamides is 1. The molecule has 0 saturated carbocycles. The third kappa shape index (κ3) is 4.13. The first kappa shape index (κ1) is 15.2. The molecule has 0 unspecified atom stereocenters. The van der Waals surface area contributed by atoms with Crippen molar-refractivity contribution in [3.63, 3.8) is 0 Å². The first-order valence-corrected chi connectivity index (χ1v) is 7.57. The molecule has 0 atom stereocenters. The maximum atomic E-state index is 12.2. The van der Waals surface area contributed by atoms with Gasteiger partial charge in [0.05, 0.1) is 18.0 Å². The topological polar surface area (TPSA) is 111 Å². The van der Waals surface area contributed by atoms with Crippen LogP contribution in [0.2, 0.25) is 0 Å². The Bertz CT molecular complexity index is 787. The summed E-state index contributed by atoms with van der Waals surface area (Å²) >= 11 is 0. The molecule has 0 aliphatic heterocycles. The lowest BCUT2D eigenvalue weighted by Crippen LogP contribution is -2.23. The van der Waals surface area contributed by atoms with Gasteiger partial charge in [-0.15, -0.1) is 0 Å². The summed E-state index contributed by atoms with van der Waals surface area (Å²) in [5, 5.41) is 3.62. The highest BCUT2D eigenvalue weighted by Gasteiger charge is 2.15. The van der Waals surface area contributed by atoms with Crippen LogP contribution in [0.1, 0.15) is 17.3 Å². The molecule has 1 aromatic carbocycles. The summed E-state index contributed by atoms with van der Waals surface area (Å²) in [6.45, 7) is 1.80. The number of nitrogens with zero attached hydrogens (tertiary/aromatic N) is 2. The Labute approximate surface area is 122 Å². The van der Waals surface area contributed by atoms with Gasteiger partial charge in [-0.25, -0.2) is 13.1 Å². The fourth-order valence-corrected chi connectivity index (χ4v) is 2.58. The van der Waals surface area contributed by atoms with E-state index in [1.165, 1.54) is 12.1 Å². The van der Waals surface area contributed by atoms with Gasteiger partial charge in [0.2, 0.25) is 15.9 Å². The van der Waals surface area contributed by atoms with Crippen molar-refractivity contribution in [3.8, 4) is 11.8 Å². The van der Waals surface area contributed by atoms with Gasteiger partial charge in [0.1, 0.15) is 0 Å². The van der Waals surface area contributed by atoms with Gasteiger partial charge < -0.3 is 10.3 Å². The first-order valence-electron chi connectivity index (χ1n) is 6.09. The van der Waals surface area contributed by atoms with E-state index in [1.807, 2.05) is 0 Å². The highest BCUT2D eigenvalue weighted by molar-refractivity contribution is 7.89. The third-order valence-electron chi connectivity index (χ3n) is 2.47. The first-order chi connectivity index (χ1) is 10.0. The van der Waals surface area contributed by atoms with Crippen molar-refractivity contribution in [2.24, 2.45) is 5.73 Å². The standard InChI is InChI=1S/C13H14N4O3S/c1-10-16-13(17-20-10)9-15-21(18,19)12-6-2-4-11(8-12)5-3-7-14/h2,4,6,8,15H,7,9,14H2,1H3. The quantitative estimate of drug-likeness (QED) is 0.779. The minimum atomic E-state index is -3.67. The lowest BCUT2D eigenvalue weighted by Gasteiger charge is -2.05. The van der Waals surface area contributed by atoms with Crippen molar-refractivity contribution in [1.82, 2.24) is 14.9 Å². The zero-order chi connectivity index (χ0) is 15.3. The zero-order valence-electron chi connectivity index (χ0n) is 11.3. The molecule has 8 heteroatoms. The summed E-state index contributed by atoms with van der Waals surface area (Å²) in [6.07, 6.45) is 0. The van der Waals surface area contributed by atoms with Crippen LogP contribution in [-0.4, -0.2) is 25.1 Å². The summed E-state index contributed by atoms with van der Waals surface area (Å²) in [4.78, 5) is 4.04. The van der Waals surface area contributed by atoms with Crippen molar-refractivity contribution < 1.29 is 12.9 Å². The van der Waals surface area contributed by atoms with Gasteiger partial charge in [-0.05, 0) is 18.2 Å². The van der Waals surface area contributed by atoms with E-state index in [1.54, 1.807) is 19.1 Å². The molecule has 0 spiro atoms. The summed E-state index contributed by atoms with van der Waals surface area (Å²) in [6, 6.07) is 6.29. The minimum Gasteiger partial charge on any atom is -0.340 e. The van der Waals surface area contributed by atoms with Crippen LogP contribution in [0.25, 0.3) is 0 Å². The maximum absolute atomic E-state index is 12.2. The summed E-state index contributed by atoms with van der Waals surface area (Å²) in [5.74, 6) is 6.11. The molecule has 0 fully saturated rings. The van der Waals surface area contributed by atoms with Gasteiger partial charge >= 0.3 is 0 Å². The van der Waals surface area contributed by atoms with Crippen LogP contribution in [-0.2, 0) is 16.6 Å². The van der Waals surface area contributed by atoms with E-state index in [4.69, 9.17) is 10.3 Å². The van der Waals surface area contributed by atoms with E-state index < -0.39 is 10.0 Å². The minimum absolute atomic E-state index is 0.0433. The Hall–Kier alpha value is -2.21. The van der Waals surface area contributed by atoms with Crippen LogP contribution in [0.4, 0.5) is 0 Å². The van der Waals surface area contributed by atoms with Gasteiger partial charge in [0.25, 0.3) is 0 Å². The van der Waals surface area contributed by atoms with E-state index in [2.05, 4.69) is 26.7 Å². The van der Waals surface area contributed by atoms with E-state index in [0.717, 1.165) is 0 Å². The SMILES string of the molecule is Cc1nc(CNS(=O)(=O)c2cccc(C#CCN)c2)no1. The number of hydrogen-bond acceptors (Lipinski definition) is 6. The Kier molecular flexibility index (Phi) is 4.70. The normalized spacial score (nSPS) is 11.0. The molecule has 0 saturated heterocycles. The number of hydrogen-bond donors (Lipinski definition) is 2. The molecule has 0 amide bonds. The van der Waals surface area contributed by atoms with Gasteiger partial charge in [0.15, 0.2) is 5.82 Å². The Morgan fingerprint density at radius 1 is 1.43 bits per heavy atom. The Morgan fingerprint density at radius 2 is 2.24 bits per heavy atom. The zero-order valence-corrected chi connectivity index (χ0v) is 12.1. The molecule has 2 rings (SSSR count). The van der Waals surface area contributed by atoms with Gasteiger partial charge in [-0.2, -0.15) is 4.98 Å². The average Bonchev–Trinajstić information content (AvgIpc) is 2.89. The molecule has 21 heavy (non-hydrogen) atoms. The van der Waals surface area contributed by atoms with Gasteiger partial charge in [0, 0.05) is 12.5 Å². The fourth-order valence-electron chi connectivity index (χ4n) is 1.55. The van der Waals surface area contributed by atoms with Gasteiger partial charge in [-0.3, -0.25) is 0 Å². The number of nitrogens with one attached hydrogen (secondary N) is 1. The Balaban J connectivity index is 2.15. The Morgan fingerprint density at radius 3 is 2.90 bits per heavy atom. The van der Waals surface area contributed by atoms with Crippen LogP contribution in [0, 0.1) is 18.8 Å². The average molecular weight is 306 g/mol. The maximum Gasteiger partial charge on any atom is 0.241 e. The molecule has 1 heterocycles. The molecule has 110 valence electrons. The highest BCUT2D eigenvalue weighted by atomic mass is 32.2. The number of nitrogens with two attached hydrogens (primary N) is 1. The van der Waals surface area contributed by atoms with Crippen LogP contribution in [0.3, 0.4) is 0 Å². The van der Waals surface area contributed by atoms with E-state index >= 15 is 0 Å². The summed E-state index contributed by atoms with van der Waals surface area (Å²) in [5.41, 5.74) is 5.87. The highest BCUT2D eigenvalue weighted by Crippen LogP contribution is 2.11. The summed E-state index contributed by atoms with van der Waals surface area (Å²) in [7, 11) is -3.67. The van der Waals surface area contributed by atoms with Crippen LogP contribution < -0.4 is 10.5 Å². The van der Waals surface area contributed by atoms with Crippen molar-refractivity contribution in [3.05, 3.63) is 41.5 Å². The number of aromatic nitrogens is 2. The summed E-state index contributed by atoms with van der Waals surface area (Å²) < 4.78 is 31.5. The molecule has 7 nitrogen and oxygen atoms in total. The number of benzene rings is 1. The monoisotopic (exact) mass is 306 g/mol. The molecule has 0 aliphatic carbocycles. The van der Waals surface area contributed by atoms with E-state index in [0.29, 0.717) is 11.5 Å². The molecular weight excluding hydrogens is 292 g/mol. The smallest absolute Gasteiger partial charge is 0.241 e. The second-order valence-electron chi connectivity index (χ2n) is 4.09. The predicted molar refractivity (Wildman–Crippen MR) is 75.4 cm³/mol. The lowest BCUT2D eigenvalue weighted by atomic mass is 10.2. The van der Waals surface area contributed by atoms with Crippen molar-refractivity contribution in [2.45, 2.75) is 18.4 Å². The van der Waals surface area contributed by atoms with Crippen molar-refractivity contribution in [2.75, 3.05) is 6.54 Å². The van der Waals surface area contributed by atoms with Crippen molar-refractivity contribution >= 4 is 10.0 Å². The number of aryl methyl sites for hydroxylation is 1. The molecule has 0 bridgehead atoms. The number of rotatable bonds is 4. The molecule has 2 aromatic rings. The van der Waals surface area contributed by atoms with E-state index in [-0.39, 0.29) is 23.8 Å². The third-order valence-corrected chi connectivity index (χ3v) is 3.87. The van der Waals surface area contributed by atoms with Crippen LogP contribution in [0.15, 0.2) is 33.7 Å². The second kappa shape index (κ2) is 6.49. The van der Waals surface area contributed by atoms with Gasteiger partial charge in [-0.1, -0.05) is 23.1 Å². The van der Waals surface area contributed by atoms with Crippen molar-refractivity contribution in [1.29, 1.82) is 0 Å².